The molecule has 0 radical (unpaired) electrons. The summed E-state index contributed by atoms with van der Waals surface area (Å²) in [7, 11) is 1.81. The Kier molecular flexibility index (Phi) is 2.57. The Labute approximate surface area is 126 Å². The average Bonchev–Trinajstić information content (AvgIpc) is 3.04. The van der Waals surface area contributed by atoms with E-state index in [-0.39, 0.29) is 5.78 Å². The van der Waals surface area contributed by atoms with E-state index in [1.807, 2.05) is 19.3 Å². The van der Waals surface area contributed by atoms with Crippen molar-refractivity contribution in [2.45, 2.75) is 12.3 Å². The molecule has 4 rings (SSSR count). The molecule has 0 N–H and O–H groups in total. The van der Waals surface area contributed by atoms with E-state index in [0.29, 0.717) is 23.3 Å². The number of hydrogen-bond acceptors (Lipinski definition) is 5. The first-order valence-electron chi connectivity index (χ1n) is 6.87. The van der Waals surface area contributed by atoms with E-state index in [1.165, 1.54) is 6.33 Å². The molecule has 0 saturated carbocycles. The Morgan fingerprint density at radius 2 is 2.23 bits per heavy atom. The summed E-state index contributed by atoms with van der Waals surface area (Å²) in [6.45, 7) is 0. The second kappa shape index (κ2) is 4.46. The van der Waals surface area contributed by atoms with Gasteiger partial charge in [-0.1, -0.05) is 6.07 Å². The number of nitriles is 1. The molecular weight excluding hydrogens is 278 g/mol. The van der Waals surface area contributed by atoms with Gasteiger partial charge in [-0.05, 0) is 23.3 Å². The zero-order valence-electron chi connectivity index (χ0n) is 11.8. The molecule has 6 nitrogen and oxygen atoms in total. The molecule has 0 amide bonds. The molecule has 106 valence electrons. The molecule has 1 aliphatic rings. The number of fused-ring (bicyclic) bond motifs is 2. The highest BCUT2D eigenvalue weighted by atomic mass is 16.1. The molecule has 0 aliphatic heterocycles. The third kappa shape index (κ3) is 1.72. The third-order valence-corrected chi connectivity index (χ3v) is 4.01. The Balaban J connectivity index is 1.96. The summed E-state index contributed by atoms with van der Waals surface area (Å²) < 4.78 is 1.66. The van der Waals surface area contributed by atoms with Crippen LogP contribution in [0.15, 0.2) is 30.7 Å². The lowest BCUT2D eigenvalue weighted by Gasteiger charge is -2.10. The van der Waals surface area contributed by atoms with E-state index in [0.717, 1.165) is 16.5 Å². The van der Waals surface area contributed by atoms with Gasteiger partial charge in [-0.15, -0.1) is 0 Å². The van der Waals surface area contributed by atoms with E-state index in [9.17, 15) is 4.79 Å². The number of carbonyl (C=O) groups is 1. The lowest BCUT2D eigenvalue weighted by Crippen LogP contribution is -2.10. The lowest BCUT2D eigenvalue weighted by atomic mass is 9.94. The summed E-state index contributed by atoms with van der Waals surface area (Å²) in [6, 6.07) is 7.51. The smallest absolute Gasteiger partial charge is 0.184 e. The summed E-state index contributed by atoms with van der Waals surface area (Å²) in [5.74, 6) is -0.355. The quantitative estimate of drug-likeness (QED) is 0.677. The maximum Gasteiger partial charge on any atom is 0.184 e. The first-order valence-corrected chi connectivity index (χ1v) is 6.87. The van der Waals surface area contributed by atoms with Crippen LogP contribution in [0.3, 0.4) is 0 Å². The minimum Gasteiger partial charge on any atom is -0.298 e. The Hall–Kier alpha value is -3.07. The molecule has 1 unspecified atom stereocenters. The number of rotatable bonds is 1. The molecule has 3 aromatic rings. The van der Waals surface area contributed by atoms with Crippen LogP contribution in [0.2, 0.25) is 0 Å². The van der Waals surface area contributed by atoms with Crippen LogP contribution in [-0.4, -0.2) is 25.5 Å². The summed E-state index contributed by atoms with van der Waals surface area (Å²) in [4.78, 5) is 21.0. The van der Waals surface area contributed by atoms with Crippen molar-refractivity contribution in [1.29, 1.82) is 5.26 Å². The van der Waals surface area contributed by atoms with Gasteiger partial charge in [0.05, 0.1) is 28.6 Å². The molecule has 2 aromatic heterocycles. The van der Waals surface area contributed by atoms with Gasteiger partial charge in [0.15, 0.2) is 11.4 Å². The standard InChI is InChI=1S/C16H11N5O/c1-21-7-12-15(18-8-19-16(12)20-21)14-11-4-9(6-17)2-3-10(11)5-13(14)22/h2-4,7-8,14H,5H2,1H3. The van der Waals surface area contributed by atoms with Gasteiger partial charge in [0.2, 0.25) is 0 Å². The normalized spacial score (nSPS) is 16.7. The van der Waals surface area contributed by atoms with Gasteiger partial charge in [-0.3, -0.25) is 9.48 Å². The summed E-state index contributed by atoms with van der Waals surface area (Å²) >= 11 is 0. The fraction of sp³-hybridized carbons (Fsp3) is 0.188. The molecule has 0 bridgehead atoms. The highest BCUT2D eigenvalue weighted by molar-refractivity contribution is 5.98. The number of hydrogen-bond donors (Lipinski definition) is 0. The van der Waals surface area contributed by atoms with Gasteiger partial charge < -0.3 is 0 Å². The molecule has 22 heavy (non-hydrogen) atoms. The second-order valence-corrected chi connectivity index (χ2v) is 5.40. The van der Waals surface area contributed by atoms with E-state index in [2.05, 4.69) is 21.1 Å². The minimum atomic E-state index is -0.446. The topological polar surface area (TPSA) is 84.5 Å². The molecule has 0 spiro atoms. The predicted molar refractivity (Wildman–Crippen MR) is 78.0 cm³/mol. The van der Waals surface area contributed by atoms with Crippen LogP contribution in [0.1, 0.15) is 28.3 Å². The molecule has 1 aromatic carbocycles. The van der Waals surface area contributed by atoms with Crippen molar-refractivity contribution in [2.75, 3.05) is 0 Å². The van der Waals surface area contributed by atoms with Gasteiger partial charge in [0, 0.05) is 19.7 Å². The molecule has 1 aliphatic carbocycles. The van der Waals surface area contributed by atoms with Crippen LogP contribution in [-0.2, 0) is 18.3 Å². The monoisotopic (exact) mass is 289 g/mol. The molecule has 6 heteroatoms. The van der Waals surface area contributed by atoms with Gasteiger partial charge >= 0.3 is 0 Å². The maximum absolute atomic E-state index is 12.5. The number of nitrogens with zero attached hydrogens (tertiary/aromatic N) is 5. The van der Waals surface area contributed by atoms with Gasteiger partial charge in [0.1, 0.15) is 6.33 Å². The number of aryl methyl sites for hydroxylation is 1. The minimum absolute atomic E-state index is 0.0916. The van der Waals surface area contributed by atoms with Gasteiger partial charge in [-0.25, -0.2) is 9.97 Å². The van der Waals surface area contributed by atoms with Crippen molar-refractivity contribution in [3.05, 3.63) is 53.1 Å². The van der Waals surface area contributed by atoms with Gasteiger partial charge in [0.25, 0.3) is 0 Å². The van der Waals surface area contributed by atoms with Crippen LogP contribution >= 0.6 is 0 Å². The zero-order chi connectivity index (χ0) is 15.3. The highest BCUT2D eigenvalue weighted by Crippen LogP contribution is 2.37. The number of benzene rings is 1. The molecule has 1 atom stereocenters. The van der Waals surface area contributed by atoms with Crippen molar-refractivity contribution in [1.82, 2.24) is 19.7 Å². The molecular formula is C16H11N5O. The van der Waals surface area contributed by atoms with E-state index in [4.69, 9.17) is 5.26 Å². The summed E-state index contributed by atoms with van der Waals surface area (Å²) in [5.41, 5.74) is 3.62. The average molecular weight is 289 g/mol. The first kappa shape index (κ1) is 12.7. The van der Waals surface area contributed by atoms with Crippen molar-refractivity contribution >= 4 is 16.8 Å². The van der Waals surface area contributed by atoms with Crippen LogP contribution in [0.5, 0.6) is 0 Å². The van der Waals surface area contributed by atoms with Crippen molar-refractivity contribution < 1.29 is 4.79 Å². The fourth-order valence-corrected chi connectivity index (χ4v) is 3.06. The Bertz CT molecular complexity index is 966. The molecule has 0 fully saturated rings. The Morgan fingerprint density at radius 1 is 1.36 bits per heavy atom. The van der Waals surface area contributed by atoms with Crippen LogP contribution < -0.4 is 0 Å². The summed E-state index contributed by atoms with van der Waals surface area (Å²) in [6.07, 6.45) is 3.63. The van der Waals surface area contributed by atoms with E-state index < -0.39 is 5.92 Å². The number of aromatic nitrogens is 4. The fourth-order valence-electron chi connectivity index (χ4n) is 3.06. The number of ketones is 1. The predicted octanol–water partition coefficient (Wildman–Crippen LogP) is 1.49. The van der Waals surface area contributed by atoms with Crippen molar-refractivity contribution in [3.8, 4) is 6.07 Å². The zero-order valence-corrected chi connectivity index (χ0v) is 11.8. The van der Waals surface area contributed by atoms with Crippen LogP contribution in [0, 0.1) is 11.3 Å². The third-order valence-electron chi connectivity index (χ3n) is 4.01. The van der Waals surface area contributed by atoms with Crippen LogP contribution in [0.25, 0.3) is 11.0 Å². The van der Waals surface area contributed by atoms with E-state index in [1.54, 1.807) is 16.8 Å². The molecule has 2 heterocycles. The molecule has 0 saturated heterocycles. The lowest BCUT2D eigenvalue weighted by molar-refractivity contribution is -0.118. The van der Waals surface area contributed by atoms with Crippen molar-refractivity contribution in [2.24, 2.45) is 7.05 Å². The first-order chi connectivity index (χ1) is 10.7. The Morgan fingerprint density at radius 3 is 3.05 bits per heavy atom. The highest BCUT2D eigenvalue weighted by Gasteiger charge is 2.34. The largest absolute Gasteiger partial charge is 0.298 e. The SMILES string of the molecule is Cn1cc2c(C3C(=O)Cc4ccc(C#N)cc43)ncnc2n1. The second-order valence-electron chi connectivity index (χ2n) is 5.40. The number of Topliss-reactive ketones (excluding diaryl/α,β-unsaturated/α-hetero) is 1. The van der Waals surface area contributed by atoms with E-state index >= 15 is 0 Å². The van der Waals surface area contributed by atoms with Crippen LogP contribution in [0.4, 0.5) is 0 Å². The van der Waals surface area contributed by atoms with Gasteiger partial charge in [-0.2, -0.15) is 10.4 Å². The number of carbonyl (C=O) groups excluding carboxylic acids is 1. The summed E-state index contributed by atoms with van der Waals surface area (Å²) in [5, 5.41) is 14.1. The maximum atomic E-state index is 12.5. The van der Waals surface area contributed by atoms with Crippen molar-refractivity contribution in [3.63, 3.8) is 0 Å².